The maximum absolute atomic E-state index is 13.4. The van der Waals surface area contributed by atoms with Crippen LogP contribution in [-0.4, -0.2) is 99.1 Å². The zero-order valence-electron chi connectivity index (χ0n) is 22.0. The Balaban J connectivity index is 1.17. The fourth-order valence-corrected chi connectivity index (χ4v) is 8.23. The van der Waals surface area contributed by atoms with Crippen molar-refractivity contribution >= 4 is 72.1 Å². The molecule has 3 aliphatic rings. The summed E-state index contributed by atoms with van der Waals surface area (Å²) in [5.41, 5.74) is 12.7. The first kappa shape index (κ1) is 30.2. The Morgan fingerprint density at radius 2 is 1.14 bits per heavy atom. The van der Waals surface area contributed by atoms with Gasteiger partial charge in [-0.2, -0.15) is 0 Å². The fourth-order valence-electron chi connectivity index (χ4n) is 5.24. The van der Waals surface area contributed by atoms with E-state index >= 15 is 0 Å². The second-order valence-corrected chi connectivity index (χ2v) is 15.7. The number of nitrogens with two attached hydrogens (primary N) is 2. The summed E-state index contributed by atoms with van der Waals surface area (Å²) in [6.45, 7) is -9.59. The number of fused-ring (bicyclic) bond motifs is 4. The van der Waals surface area contributed by atoms with E-state index in [0.717, 1.165) is 0 Å². The van der Waals surface area contributed by atoms with Gasteiger partial charge in [0.15, 0.2) is 35.4 Å². The van der Waals surface area contributed by atoms with Gasteiger partial charge in [0.05, 0.1) is 25.9 Å². The third-order valence-corrected chi connectivity index (χ3v) is 10.5. The van der Waals surface area contributed by atoms with Crippen molar-refractivity contribution < 1.29 is 46.9 Å². The molecule has 4 aromatic rings. The molecule has 7 heterocycles. The second-order valence-electron chi connectivity index (χ2n) is 9.95. The van der Waals surface area contributed by atoms with E-state index in [2.05, 4.69) is 54.4 Å². The molecule has 7 rings (SSSR count). The molecule has 0 bridgehead atoms. The largest absolute Gasteiger partial charge is 0.386 e. The van der Waals surface area contributed by atoms with E-state index in [1.807, 2.05) is 0 Å². The predicted octanol–water partition coefficient (Wildman–Crippen LogP) is 0.240. The molecule has 4 unspecified atom stereocenters. The van der Waals surface area contributed by atoms with Crippen molar-refractivity contribution in [1.29, 1.82) is 0 Å². The average molecular weight is 691 g/mol. The number of hydrogen-bond acceptors (Lipinski definition) is 18. The zero-order valence-corrected chi connectivity index (χ0v) is 25.6. The van der Waals surface area contributed by atoms with E-state index in [-0.39, 0.29) is 34.0 Å². The number of thiol groups is 2. The number of imidazole rings is 2. The highest BCUT2D eigenvalue weighted by Crippen LogP contribution is 2.60. The van der Waals surface area contributed by atoms with Gasteiger partial charge in [-0.15, -0.1) is 0 Å². The van der Waals surface area contributed by atoms with Gasteiger partial charge in [0.2, 0.25) is 0 Å². The van der Waals surface area contributed by atoms with E-state index < -0.39 is 75.9 Å². The Hall–Kier alpha value is -2.46. The molecule has 10 atom stereocenters. The van der Waals surface area contributed by atoms with E-state index in [4.69, 9.17) is 39.0 Å². The first-order valence-corrected chi connectivity index (χ1v) is 18.2. The summed E-state index contributed by atoms with van der Waals surface area (Å²) in [5.74, 6) is 0.203. The Bertz CT molecular complexity index is 1700. The van der Waals surface area contributed by atoms with Gasteiger partial charge in [-0.3, -0.25) is 27.2 Å². The van der Waals surface area contributed by atoms with Crippen LogP contribution in [-0.2, 0) is 36.7 Å². The molecule has 0 aromatic carbocycles. The standard InChI is InChI=1S/C20H24N10O10P2S2/c21-15-9-17(25-3-23-15)29(5-27-9)19-11(31)13-7(37-19)1-35-41(33,43)40-14-8(2-36-42(34,44)39-13)38-20(12(14)32)30-6-28-10-16(22)24-4-26-18(10)30/h3-8,11-14,19-20,31-32H,1-2H2,(H,33,43)(H,34,44)(H2,21,23,25)(H2,22,24,26)/t7-,8-,11?,12?,13+,14+,19?,20?,41-,42-/m1/s1. The number of nitrogens with zero attached hydrogens (tertiary/aromatic N) is 8. The van der Waals surface area contributed by atoms with E-state index in [1.165, 1.54) is 34.4 Å². The summed E-state index contributed by atoms with van der Waals surface area (Å²) < 4.78 is 63.9. The number of rotatable bonds is 2. The molecule has 6 N–H and O–H groups in total. The molecule has 4 aromatic heterocycles. The van der Waals surface area contributed by atoms with Crippen molar-refractivity contribution in [2.24, 2.45) is 0 Å². The van der Waals surface area contributed by atoms with Crippen LogP contribution in [0.5, 0.6) is 0 Å². The predicted molar refractivity (Wildman–Crippen MR) is 154 cm³/mol. The minimum absolute atomic E-state index is 0.101. The van der Waals surface area contributed by atoms with Crippen LogP contribution in [0.3, 0.4) is 0 Å². The maximum Gasteiger partial charge on any atom is 0.386 e. The smallest absolute Gasteiger partial charge is 0.386 e. The maximum atomic E-state index is 13.4. The molecule has 0 saturated carbocycles. The first-order valence-electron chi connectivity index (χ1n) is 12.8. The van der Waals surface area contributed by atoms with Crippen LogP contribution in [0.4, 0.5) is 11.6 Å². The molecule has 44 heavy (non-hydrogen) atoms. The lowest BCUT2D eigenvalue weighted by atomic mass is 10.1. The third kappa shape index (κ3) is 5.27. The van der Waals surface area contributed by atoms with Gasteiger partial charge in [0, 0.05) is 0 Å². The molecular formula is C20H24N10O10P2S2. The molecule has 3 saturated heterocycles. The second kappa shape index (κ2) is 11.1. The lowest BCUT2D eigenvalue weighted by Crippen LogP contribution is -2.38. The summed E-state index contributed by atoms with van der Waals surface area (Å²) in [4.78, 5) is 24.4. The minimum atomic E-state index is -4.26. The van der Waals surface area contributed by atoms with Gasteiger partial charge < -0.3 is 31.2 Å². The van der Waals surface area contributed by atoms with Gasteiger partial charge in [-0.1, -0.05) is 24.5 Å². The molecule has 0 aliphatic carbocycles. The van der Waals surface area contributed by atoms with Gasteiger partial charge in [-0.25, -0.2) is 39.0 Å². The van der Waals surface area contributed by atoms with Crippen LogP contribution in [0.2, 0.25) is 0 Å². The Morgan fingerprint density at radius 3 is 1.55 bits per heavy atom. The molecule has 0 amide bonds. The van der Waals surface area contributed by atoms with Crippen LogP contribution in [0.1, 0.15) is 12.5 Å². The fraction of sp³-hybridized carbons (Fsp3) is 0.500. The highest BCUT2D eigenvalue weighted by molar-refractivity contribution is 8.44. The molecule has 3 fully saturated rings. The molecule has 3 aliphatic heterocycles. The Morgan fingerprint density at radius 1 is 0.727 bits per heavy atom. The average Bonchev–Trinajstić information content (AvgIpc) is 3.73. The van der Waals surface area contributed by atoms with Crippen molar-refractivity contribution in [3.63, 3.8) is 0 Å². The molecule has 236 valence electrons. The summed E-state index contributed by atoms with van der Waals surface area (Å²) in [7, 11) is 0. The molecule has 0 radical (unpaired) electrons. The number of aromatic nitrogens is 8. The van der Waals surface area contributed by atoms with Crippen molar-refractivity contribution in [1.82, 2.24) is 39.0 Å². The van der Waals surface area contributed by atoms with Crippen LogP contribution in [0, 0.1) is 0 Å². The monoisotopic (exact) mass is 690 g/mol. The van der Waals surface area contributed by atoms with E-state index in [1.54, 1.807) is 0 Å². The molecule has 24 heteroatoms. The van der Waals surface area contributed by atoms with Gasteiger partial charge >= 0.3 is 13.6 Å². The van der Waals surface area contributed by atoms with Crippen LogP contribution < -0.4 is 11.5 Å². The van der Waals surface area contributed by atoms with Gasteiger partial charge in [-0.05, 0) is 0 Å². The number of aliphatic hydroxyl groups excluding tert-OH is 2. The Labute approximate surface area is 256 Å². The van der Waals surface area contributed by atoms with Crippen molar-refractivity contribution in [2.45, 2.75) is 49.1 Å². The number of nitrogen functional groups attached to an aromatic ring is 2. The highest BCUT2D eigenvalue weighted by Gasteiger charge is 2.53. The summed E-state index contributed by atoms with van der Waals surface area (Å²) >= 11 is 8.16. The zero-order chi connectivity index (χ0) is 31.0. The van der Waals surface area contributed by atoms with Crippen LogP contribution in [0.15, 0.2) is 25.3 Å². The lowest BCUT2D eigenvalue weighted by molar-refractivity contribution is -0.0561. The van der Waals surface area contributed by atoms with E-state index in [0.29, 0.717) is 0 Å². The number of hydrogen-bond donors (Lipinski definition) is 6. The number of aliphatic hydroxyl groups is 2. The van der Waals surface area contributed by atoms with Crippen molar-refractivity contribution in [2.75, 3.05) is 24.7 Å². The van der Waals surface area contributed by atoms with Crippen molar-refractivity contribution in [3.05, 3.63) is 25.3 Å². The summed E-state index contributed by atoms with van der Waals surface area (Å²) in [6.07, 6.45) is -5.50. The molecule has 20 nitrogen and oxygen atoms in total. The number of ether oxygens (including phenoxy) is 2. The quantitative estimate of drug-likeness (QED) is 0.121. The SMILES string of the molecule is Nc1ncnc2c1ncn2C1O[C@@H]2CO[P@@](=O)(S)O[C@@H]3C(O)C(n4cnc5c(N)ncnc54)O[C@@H]3CO[P@@](=O)(S)O[C@@H]2C1O. The summed E-state index contributed by atoms with van der Waals surface area (Å²) in [6, 6.07) is 0. The van der Waals surface area contributed by atoms with Gasteiger partial charge in [0.1, 0.15) is 60.3 Å². The van der Waals surface area contributed by atoms with Gasteiger partial charge in [0.25, 0.3) is 0 Å². The third-order valence-electron chi connectivity index (χ3n) is 7.26. The number of anilines is 2. The normalized spacial score (nSPS) is 38.3. The Kier molecular flexibility index (Phi) is 7.63. The van der Waals surface area contributed by atoms with Crippen LogP contribution >= 0.6 is 38.1 Å². The summed E-state index contributed by atoms with van der Waals surface area (Å²) in [5, 5.41) is 22.5. The van der Waals surface area contributed by atoms with E-state index in [9.17, 15) is 19.3 Å². The van der Waals surface area contributed by atoms with Crippen molar-refractivity contribution in [3.8, 4) is 0 Å². The topological polar surface area (TPSA) is 269 Å². The van der Waals surface area contributed by atoms with Crippen LogP contribution in [0.25, 0.3) is 22.3 Å². The minimum Gasteiger partial charge on any atom is -0.386 e. The lowest BCUT2D eigenvalue weighted by Gasteiger charge is -2.28. The highest BCUT2D eigenvalue weighted by atomic mass is 32.7. The first-order chi connectivity index (χ1) is 20.9. The molecule has 0 spiro atoms. The molecular weight excluding hydrogens is 666 g/mol.